The van der Waals surface area contributed by atoms with Crippen molar-refractivity contribution in [2.45, 2.75) is 19.0 Å². The summed E-state index contributed by atoms with van der Waals surface area (Å²) < 4.78 is 41.0. The Balaban J connectivity index is 1.65. The topological polar surface area (TPSA) is 101 Å². The molecule has 2 aromatic heterocycles. The summed E-state index contributed by atoms with van der Waals surface area (Å²) in [5, 5.41) is 5.46. The zero-order valence-corrected chi connectivity index (χ0v) is 18.6. The minimum atomic E-state index is -4.53. The number of aromatic nitrogens is 3. The molecule has 0 saturated carbocycles. The number of carbonyl (C=O) groups excluding carboxylic acids is 1. The highest BCUT2D eigenvalue weighted by Crippen LogP contribution is 2.31. The number of amides is 1. The highest BCUT2D eigenvalue weighted by molar-refractivity contribution is 5.96. The minimum Gasteiger partial charge on any atom is -0.375 e. The first-order valence-electron chi connectivity index (χ1n) is 10.6. The number of fused-ring (bicyclic) bond motifs is 1. The van der Waals surface area contributed by atoms with Crippen molar-refractivity contribution in [1.29, 1.82) is 0 Å². The first-order chi connectivity index (χ1) is 16.1. The molecule has 0 atom stereocenters. The van der Waals surface area contributed by atoms with Gasteiger partial charge in [0.05, 0.1) is 17.8 Å². The standard InChI is InChI=1S/C22H23F3N6O3/c1-29-19-18(20(33)30(2)21(29)34)15(11-16(28-19)31-8-3-4-9-31)26-12-17(32)27-14-7-5-6-13(10-14)22(23,24)25/h5-7,10-11H,3-4,8-9,12H2,1-2H3,(H,26,28)(H,27,32). The molecule has 0 radical (unpaired) electrons. The van der Waals surface area contributed by atoms with E-state index in [1.165, 1.54) is 30.8 Å². The van der Waals surface area contributed by atoms with Gasteiger partial charge in [0.1, 0.15) is 11.2 Å². The summed E-state index contributed by atoms with van der Waals surface area (Å²) in [6.07, 6.45) is -2.56. The Morgan fingerprint density at radius 3 is 2.47 bits per heavy atom. The van der Waals surface area contributed by atoms with Gasteiger partial charge in [0, 0.05) is 38.9 Å². The number of rotatable bonds is 5. The van der Waals surface area contributed by atoms with Crippen LogP contribution in [0.4, 0.5) is 30.4 Å². The normalized spacial score (nSPS) is 14.0. The van der Waals surface area contributed by atoms with Gasteiger partial charge in [-0.1, -0.05) is 6.07 Å². The maximum absolute atomic E-state index is 12.9. The fourth-order valence-corrected chi connectivity index (χ4v) is 3.94. The Morgan fingerprint density at radius 1 is 1.09 bits per heavy atom. The average Bonchev–Trinajstić information content (AvgIpc) is 3.34. The summed E-state index contributed by atoms with van der Waals surface area (Å²) >= 11 is 0. The molecular formula is C22H23F3N6O3. The fraction of sp³-hybridized carbons (Fsp3) is 0.364. The number of nitrogens with one attached hydrogen (secondary N) is 2. The first kappa shape index (κ1) is 23.3. The van der Waals surface area contributed by atoms with Crippen LogP contribution in [0.2, 0.25) is 0 Å². The SMILES string of the molecule is Cn1c(=O)c2c(NCC(=O)Nc3cccc(C(F)(F)F)c3)cc(N3CCCC3)nc2n(C)c1=O. The van der Waals surface area contributed by atoms with Crippen LogP contribution in [-0.2, 0) is 25.1 Å². The molecule has 4 rings (SSSR count). The van der Waals surface area contributed by atoms with E-state index in [1.807, 2.05) is 4.90 Å². The number of anilines is 3. The summed E-state index contributed by atoms with van der Waals surface area (Å²) in [7, 11) is 2.86. The number of benzene rings is 1. The van der Waals surface area contributed by atoms with Crippen LogP contribution in [0.5, 0.6) is 0 Å². The molecule has 3 heterocycles. The number of halogens is 3. The molecular weight excluding hydrogens is 453 g/mol. The van der Waals surface area contributed by atoms with E-state index in [9.17, 15) is 27.6 Å². The molecule has 0 unspecified atom stereocenters. The van der Waals surface area contributed by atoms with E-state index in [4.69, 9.17) is 0 Å². The zero-order valence-electron chi connectivity index (χ0n) is 18.6. The van der Waals surface area contributed by atoms with Crippen molar-refractivity contribution >= 4 is 34.1 Å². The van der Waals surface area contributed by atoms with Gasteiger partial charge < -0.3 is 15.5 Å². The Labute approximate surface area is 191 Å². The minimum absolute atomic E-state index is 0.00252. The molecule has 1 aromatic carbocycles. The summed E-state index contributed by atoms with van der Waals surface area (Å²) in [5.41, 5.74) is -1.49. The third kappa shape index (κ3) is 4.47. The second-order valence-electron chi connectivity index (χ2n) is 8.11. The van der Waals surface area contributed by atoms with Crippen molar-refractivity contribution in [2.24, 2.45) is 14.1 Å². The van der Waals surface area contributed by atoms with Crippen LogP contribution in [0.15, 0.2) is 39.9 Å². The highest BCUT2D eigenvalue weighted by atomic mass is 19.4. The second kappa shape index (κ2) is 8.84. The van der Waals surface area contributed by atoms with Crippen LogP contribution in [-0.4, -0.2) is 39.7 Å². The zero-order chi connectivity index (χ0) is 24.6. The van der Waals surface area contributed by atoms with E-state index < -0.39 is 28.9 Å². The molecule has 0 bridgehead atoms. The van der Waals surface area contributed by atoms with Gasteiger partial charge in [0.25, 0.3) is 5.56 Å². The Bertz CT molecular complexity index is 1370. The van der Waals surface area contributed by atoms with E-state index >= 15 is 0 Å². The molecule has 1 saturated heterocycles. The van der Waals surface area contributed by atoms with Crippen LogP contribution < -0.4 is 26.8 Å². The summed E-state index contributed by atoms with van der Waals surface area (Å²) in [6.45, 7) is 1.22. The lowest BCUT2D eigenvalue weighted by atomic mass is 10.2. The summed E-state index contributed by atoms with van der Waals surface area (Å²) in [4.78, 5) is 44.3. The van der Waals surface area contributed by atoms with Crippen LogP contribution in [0, 0.1) is 0 Å². The van der Waals surface area contributed by atoms with Gasteiger partial charge in [0.15, 0.2) is 5.65 Å². The van der Waals surface area contributed by atoms with Crippen molar-refractivity contribution in [3.8, 4) is 0 Å². The molecule has 0 spiro atoms. The highest BCUT2D eigenvalue weighted by Gasteiger charge is 2.30. The molecule has 3 aromatic rings. The van der Waals surface area contributed by atoms with E-state index in [0.717, 1.165) is 42.6 Å². The molecule has 1 fully saturated rings. The van der Waals surface area contributed by atoms with Crippen molar-refractivity contribution < 1.29 is 18.0 Å². The third-order valence-corrected chi connectivity index (χ3v) is 5.74. The van der Waals surface area contributed by atoms with Crippen LogP contribution in [0.25, 0.3) is 11.0 Å². The van der Waals surface area contributed by atoms with Crippen LogP contribution in [0.3, 0.4) is 0 Å². The lowest BCUT2D eigenvalue weighted by molar-refractivity contribution is -0.137. The monoisotopic (exact) mass is 476 g/mol. The Morgan fingerprint density at radius 2 is 1.79 bits per heavy atom. The molecule has 34 heavy (non-hydrogen) atoms. The van der Waals surface area contributed by atoms with Gasteiger partial charge in [0.2, 0.25) is 5.91 Å². The Kier molecular flexibility index (Phi) is 6.07. The maximum Gasteiger partial charge on any atom is 0.416 e. The van der Waals surface area contributed by atoms with Crippen molar-refractivity contribution in [2.75, 3.05) is 35.2 Å². The smallest absolute Gasteiger partial charge is 0.375 e. The number of nitrogens with zero attached hydrogens (tertiary/aromatic N) is 4. The predicted molar refractivity (Wildman–Crippen MR) is 122 cm³/mol. The molecule has 2 N–H and O–H groups in total. The van der Waals surface area contributed by atoms with Crippen molar-refractivity contribution in [1.82, 2.24) is 14.1 Å². The number of hydrogen-bond acceptors (Lipinski definition) is 6. The molecule has 1 aliphatic rings. The van der Waals surface area contributed by atoms with E-state index in [-0.39, 0.29) is 23.3 Å². The number of alkyl halides is 3. The quantitative estimate of drug-likeness (QED) is 0.586. The molecule has 9 nitrogen and oxygen atoms in total. The molecule has 0 aliphatic carbocycles. The summed E-state index contributed by atoms with van der Waals surface area (Å²) in [5.74, 6) is -0.0392. The molecule has 1 amide bonds. The van der Waals surface area contributed by atoms with Gasteiger partial charge in [-0.2, -0.15) is 13.2 Å². The van der Waals surface area contributed by atoms with Crippen LogP contribution >= 0.6 is 0 Å². The second-order valence-corrected chi connectivity index (χ2v) is 8.11. The number of pyridine rings is 1. The average molecular weight is 476 g/mol. The van der Waals surface area contributed by atoms with Gasteiger partial charge in [-0.25, -0.2) is 9.78 Å². The van der Waals surface area contributed by atoms with Gasteiger partial charge in [-0.15, -0.1) is 0 Å². The van der Waals surface area contributed by atoms with E-state index in [2.05, 4.69) is 15.6 Å². The van der Waals surface area contributed by atoms with Crippen LogP contribution in [0.1, 0.15) is 18.4 Å². The lowest BCUT2D eigenvalue weighted by Crippen LogP contribution is -2.38. The predicted octanol–water partition coefficient (Wildman–Crippen LogP) is 2.30. The number of hydrogen-bond donors (Lipinski definition) is 2. The summed E-state index contributed by atoms with van der Waals surface area (Å²) in [6, 6.07) is 5.96. The Hall–Kier alpha value is -3.83. The van der Waals surface area contributed by atoms with Crippen molar-refractivity contribution in [3.63, 3.8) is 0 Å². The first-order valence-corrected chi connectivity index (χ1v) is 10.6. The van der Waals surface area contributed by atoms with E-state index in [0.29, 0.717) is 11.5 Å². The maximum atomic E-state index is 12.9. The number of aryl methyl sites for hydroxylation is 1. The number of carbonyl (C=O) groups is 1. The molecule has 180 valence electrons. The van der Waals surface area contributed by atoms with Gasteiger partial charge in [-0.3, -0.25) is 18.7 Å². The van der Waals surface area contributed by atoms with E-state index in [1.54, 1.807) is 6.07 Å². The molecule has 12 heteroatoms. The van der Waals surface area contributed by atoms with Gasteiger partial charge in [-0.05, 0) is 31.0 Å². The third-order valence-electron chi connectivity index (χ3n) is 5.74. The fourth-order valence-electron chi connectivity index (χ4n) is 3.94. The molecule has 1 aliphatic heterocycles. The van der Waals surface area contributed by atoms with Gasteiger partial charge >= 0.3 is 11.9 Å². The lowest BCUT2D eigenvalue weighted by Gasteiger charge is -2.20. The van der Waals surface area contributed by atoms with Crippen molar-refractivity contribution in [3.05, 3.63) is 56.7 Å². The largest absolute Gasteiger partial charge is 0.416 e.